The highest BCUT2D eigenvalue weighted by Crippen LogP contribution is 2.59. The summed E-state index contributed by atoms with van der Waals surface area (Å²) in [5.74, 6) is -1.46. The molecule has 0 radical (unpaired) electrons. The zero-order valence-electron chi connectivity index (χ0n) is 16.0. The lowest BCUT2D eigenvalue weighted by Crippen LogP contribution is -2.38. The molecular weight excluding hydrogens is 398 g/mol. The molecule has 7 heteroatoms. The maximum Gasteiger partial charge on any atom is 0.230 e. The molecule has 1 unspecified atom stereocenters. The summed E-state index contributed by atoms with van der Waals surface area (Å²) in [4.78, 5) is 26.7. The molecule has 2 aliphatic rings. The van der Waals surface area contributed by atoms with Gasteiger partial charge in [-0.3, -0.25) is 9.59 Å². The van der Waals surface area contributed by atoms with Crippen molar-refractivity contribution in [1.29, 1.82) is 0 Å². The number of hydrogen-bond acceptors (Lipinski definition) is 3. The van der Waals surface area contributed by atoms with Crippen molar-refractivity contribution in [2.24, 2.45) is 5.92 Å². The SMILES string of the molecule is CN(Cc1ccccc1)C(=O)CC(=O)C1NC[C@@]2(c3cc(F)ccc3F)C[C@@H]12.Cl. The number of carbonyl (C=O) groups is 2. The van der Waals surface area contributed by atoms with Gasteiger partial charge >= 0.3 is 0 Å². The molecule has 154 valence electrons. The molecule has 29 heavy (non-hydrogen) atoms. The molecule has 0 spiro atoms. The van der Waals surface area contributed by atoms with E-state index in [1.165, 1.54) is 11.0 Å². The van der Waals surface area contributed by atoms with E-state index in [2.05, 4.69) is 5.32 Å². The van der Waals surface area contributed by atoms with E-state index in [1.54, 1.807) is 7.05 Å². The number of halogens is 3. The minimum absolute atomic E-state index is 0. The number of piperidine rings is 1. The molecule has 2 aromatic carbocycles. The van der Waals surface area contributed by atoms with Crippen molar-refractivity contribution < 1.29 is 18.4 Å². The molecule has 4 nitrogen and oxygen atoms in total. The van der Waals surface area contributed by atoms with Gasteiger partial charge in [0.25, 0.3) is 0 Å². The van der Waals surface area contributed by atoms with Crippen LogP contribution in [-0.2, 0) is 21.5 Å². The van der Waals surface area contributed by atoms with E-state index in [1.807, 2.05) is 30.3 Å². The summed E-state index contributed by atoms with van der Waals surface area (Å²) in [5, 5.41) is 3.13. The number of nitrogens with zero attached hydrogens (tertiary/aromatic N) is 1. The Balaban J connectivity index is 0.00000240. The summed E-state index contributed by atoms with van der Waals surface area (Å²) < 4.78 is 27.8. The summed E-state index contributed by atoms with van der Waals surface area (Å²) >= 11 is 0. The van der Waals surface area contributed by atoms with Crippen molar-refractivity contribution in [2.75, 3.05) is 13.6 Å². The van der Waals surface area contributed by atoms with Crippen LogP contribution < -0.4 is 5.32 Å². The lowest BCUT2D eigenvalue weighted by Gasteiger charge is -2.18. The molecule has 2 aromatic rings. The van der Waals surface area contributed by atoms with Crippen LogP contribution in [0.4, 0.5) is 8.78 Å². The summed E-state index contributed by atoms with van der Waals surface area (Å²) in [6.07, 6.45) is 0.435. The second-order valence-electron chi connectivity index (χ2n) is 7.83. The molecule has 4 rings (SSSR count). The Kier molecular flexibility index (Phi) is 6.05. The predicted octanol–water partition coefficient (Wildman–Crippen LogP) is 3.23. The van der Waals surface area contributed by atoms with Gasteiger partial charge in [0.1, 0.15) is 11.6 Å². The van der Waals surface area contributed by atoms with Crippen molar-refractivity contribution in [2.45, 2.75) is 30.8 Å². The maximum absolute atomic E-state index is 14.2. The molecule has 1 N–H and O–H groups in total. The number of nitrogens with one attached hydrogen (secondary N) is 1. The third-order valence-corrected chi connectivity index (χ3v) is 6.00. The molecular formula is C22H23ClF2N2O2. The molecule has 1 saturated carbocycles. The van der Waals surface area contributed by atoms with Crippen LogP contribution in [0.2, 0.25) is 0 Å². The Labute approximate surface area is 174 Å². The quantitative estimate of drug-likeness (QED) is 0.730. The Bertz CT molecular complexity index is 924. The lowest BCUT2D eigenvalue weighted by atomic mass is 9.92. The molecule has 1 amide bonds. The van der Waals surface area contributed by atoms with Crippen molar-refractivity contribution in [3.05, 3.63) is 71.3 Å². The van der Waals surface area contributed by atoms with E-state index in [4.69, 9.17) is 0 Å². The van der Waals surface area contributed by atoms with Gasteiger partial charge in [0.15, 0.2) is 5.78 Å². The topological polar surface area (TPSA) is 49.4 Å². The fraction of sp³-hybridized carbons (Fsp3) is 0.364. The summed E-state index contributed by atoms with van der Waals surface area (Å²) in [5.41, 5.74) is 0.784. The summed E-state index contributed by atoms with van der Waals surface area (Å²) in [6, 6.07) is 12.5. The molecule has 1 saturated heterocycles. The highest BCUT2D eigenvalue weighted by Gasteiger charge is 2.65. The first-order chi connectivity index (χ1) is 13.4. The van der Waals surface area contributed by atoms with Crippen LogP contribution in [0.25, 0.3) is 0 Å². The van der Waals surface area contributed by atoms with Gasteiger partial charge in [0.05, 0.1) is 12.5 Å². The van der Waals surface area contributed by atoms with E-state index in [9.17, 15) is 18.4 Å². The van der Waals surface area contributed by atoms with Crippen molar-refractivity contribution in [3.8, 4) is 0 Å². The molecule has 1 aliphatic carbocycles. The van der Waals surface area contributed by atoms with Gasteiger partial charge < -0.3 is 10.2 Å². The van der Waals surface area contributed by atoms with Crippen molar-refractivity contribution >= 4 is 24.1 Å². The lowest BCUT2D eigenvalue weighted by molar-refractivity contribution is -0.135. The Morgan fingerprint density at radius 3 is 2.59 bits per heavy atom. The Morgan fingerprint density at radius 2 is 1.90 bits per heavy atom. The second-order valence-corrected chi connectivity index (χ2v) is 7.83. The number of ketones is 1. The van der Waals surface area contributed by atoms with Gasteiger partial charge in [-0.15, -0.1) is 12.4 Å². The molecule has 1 heterocycles. The van der Waals surface area contributed by atoms with E-state index >= 15 is 0 Å². The molecule has 1 aliphatic heterocycles. The zero-order chi connectivity index (χ0) is 19.9. The van der Waals surface area contributed by atoms with Gasteiger partial charge in [0, 0.05) is 25.6 Å². The number of Topliss-reactive ketones (excluding diaryl/α,β-unsaturated/α-hetero) is 1. The van der Waals surface area contributed by atoms with E-state index < -0.39 is 23.1 Å². The number of amides is 1. The Morgan fingerprint density at radius 1 is 1.17 bits per heavy atom. The van der Waals surface area contributed by atoms with Gasteiger partial charge in [0.2, 0.25) is 5.91 Å². The fourth-order valence-electron chi connectivity index (χ4n) is 4.37. The molecule has 0 aromatic heterocycles. The average molecular weight is 421 g/mol. The second kappa shape index (κ2) is 8.20. The zero-order valence-corrected chi connectivity index (χ0v) is 16.8. The van der Waals surface area contributed by atoms with E-state index in [0.29, 0.717) is 25.1 Å². The van der Waals surface area contributed by atoms with Gasteiger partial charge in [-0.25, -0.2) is 8.78 Å². The van der Waals surface area contributed by atoms with Crippen LogP contribution in [0.5, 0.6) is 0 Å². The van der Waals surface area contributed by atoms with Crippen LogP contribution in [0.1, 0.15) is 24.0 Å². The number of benzene rings is 2. The number of carbonyl (C=O) groups excluding carboxylic acids is 2. The third kappa shape index (κ3) is 4.05. The number of hydrogen-bond donors (Lipinski definition) is 1. The summed E-state index contributed by atoms with van der Waals surface area (Å²) in [6.45, 7) is 0.857. The summed E-state index contributed by atoms with van der Waals surface area (Å²) in [7, 11) is 1.67. The standard InChI is InChI=1S/C22H22F2N2O2.ClH/c1-26(12-14-5-3-2-4-6-14)20(28)10-19(27)21-17-11-22(17,13-25-21)16-9-15(23)7-8-18(16)24;/h2-9,17,21,25H,10-13H2,1H3;1H/t17-,21?,22+;/m0./s1. The van der Waals surface area contributed by atoms with Crippen LogP contribution in [-0.4, -0.2) is 36.2 Å². The van der Waals surface area contributed by atoms with Crippen LogP contribution in [0.3, 0.4) is 0 Å². The maximum atomic E-state index is 14.2. The van der Waals surface area contributed by atoms with Gasteiger partial charge in [-0.05, 0) is 41.7 Å². The highest BCUT2D eigenvalue weighted by atomic mass is 35.5. The minimum Gasteiger partial charge on any atom is -0.341 e. The van der Waals surface area contributed by atoms with Crippen molar-refractivity contribution in [1.82, 2.24) is 10.2 Å². The van der Waals surface area contributed by atoms with Crippen LogP contribution >= 0.6 is 12.4 Å². The van der Waals surface area contributed by atoms with Crippen LogP contribution in [0, 0.1) is 17.6 Å². The van der Waals surface area contributed by atoms with Crippen LogP contribution in [0.15, 0.2) is 48.5 Å². The highest BCUT2D eigenvalue weighted by molar-refractivity contribution is 6.01. The number of fused-ring (bicyclic) bond motifs is 1. The predicted molar refractivity (Wildman–Crippen MR) is 108 cm³/mol. The first kappa shape index (κ1) is 21.4. The normalized spacial score (nSPS) is 24.4. The molecule has 0 bridgehead atoms. The minimum atomic E-state index is -0.536. The van der Waals surface area contributed by atoms with Gasteiger partial charge in [-0.2, -0.15) is 0 Å². The molecule has 3 atom stereocenters. The van der Waals surface area contributed by atoms with E-state index in [0.717, 1.165) is 17.7 Å². The largest absolute Gasteiger partial charge is 0.341 e. The smallest absolute Gasteiger partial charge is 0.230 e. The Hall–Kier alpha value is -2.31. The first-order valence-corrected chi connectivity index (χ1v) is 9.40. The first-order valence-electron chi connectivity index (χ1n) is 9.40. The third-order valence-electron chi connectivity index (χ3n) is 6.00. The number of rotatable bonds is 6. The molecule has 2 fully saturated rings. The van der Waals surface area contributed by atoms with Gasteiger partial charge in [-0.1, -0.05) is 30.3 Å². The fourth-order valence-corrected chi connectivity index (χ4v) is 4.37. The van der Waals surface area contributed by atoms with E-state index in [-0.39, 0.29) is 36.4 Å². The average Bonchev–Trinajstić information content (AvgIpc) is 3.29. The monoisotopic (exact) mass is 420 g/mol. The van der Waals surface area contributed by atoms with Crippen molar-refractivity contribution in [3.63, 3.8) is 0 Å².